The molecule has 70 heavy (non-hydrogen) atoms. The van der Waals surface area contributed by atoms with Crippen molar-refractivity contribution < 1.29 is 28.6 Å². The summed E-state index contributed by atoms with van der Waals surface area (Å²) in [6.07, 6.45) is 73.6. The van der Waals surface area contributed by atoms with Crippen LogP contribution in [-0.4, -0.2) is 37.2 Å². The average molecular weight is 980 g/mol. The van der Waals surface area contributed by atoms with E-state index in [0.29, 0.717) is 19.3 Å². The van der Waals surface area contributed by atoms with Crippen LogP contribution in [0.3, 0.4) is 0 Å². The minimum Gasteiger partial charge on any atom is -0.462 e. The van der Waals surface area contributed by atoms with Crippen LogP contribution in [0.4, 0.5) is 0 Å². The second-order valence-corrected chi connectivity index (χ2v) is 20.2. The Bertz CT molecular complexity index is 1260. The lowest BCUT2D eigenvalue weighted by atomic mass is 10.0. The first-order valence-electron chi connectivity index (χ1n) is 30.3. The molecule has 0 aromatic rings. The Morgan fingerprint density at radius 1 is 0.300 bits per heavy atom. The SMILES string of the molecule is CC/C=C\C/C=C\C/C=C\C/C=C\CCCCCC(=O)OCC(COC(=O)CCCCCCCCC/C=C\CCCCCCCCCC)OC(=O)CCCCCCCCCCCCCCCCCCC. The fraction of sp³-hybridized carbons (Fsp3) is 0.797. The van der Waals surface area contributed by atoms with Crippen molar-refractivity contribution in [2.24, 2.45) is 0 Å². The number of hydrogen-bond acceptors (Lipinski definition) is 6. The van der Waals surface area contributed by atoms with Crippen LogP contribution in [0, 0.1) is 0 Å². The number of hydrogen-bond donors (Lipinski definition) is 0. The van der Waals surface area contributed by atoms with Gasteiger partial charge in [-0.3, -0.25) is 14.4 Å². The maximum absolute atomic E-state index is 12.9. The fourth-order valence-corrected chi connectivity index (χ4v) is 8.72. The minimum atomic E-state index is -0.788. The molecule has 0 saturated heterocycles. The van der Waals surface area contributed by atoms with E-state index >= 15 is 0 Å². The predicted molar refractivity (Wildman–Crippen MR) is 302 cm³/mol. The number of esters is 3. The summed E-state index contributed by atoms with van der Waals surface area (Å²) >= 11 is 0. The van der Waals surface area contributed by atoms with Crippen molar-refractivity contribution in [3.05, 3.63) is 60.8 Å². The molecule has 0 rings (SSSR count). The third-order valence-corrected chi connectivity index (χ3v) is 13.3. The zero-order valence-corrected chi connectivity index (χ0v) is 46.5. The van der Waals surface area contributed by atoms with Crippen LogP contribution in [-0.2, 0) is 28.6 Å². The fourth-order valence-electron chi connectivity index (χ4n) is 8.72. The van der Waals surface area contributed by atoms with Crippen LogP contribution in [0.1, 0.15) is 310 Å². The van der Waals surface area contributed by atoms with Gasteiger partial charge in [0.1, 0.15) is 13.2 Å². The van der Waals surface area contributed by atoms with Crippen LogP contribution >= 0.6 is 0 Å². The average Bonchev–Trinajstić information content (AvgIpc) is 3.36. The summed E-state index contributed by atoms with van der Waals surface area (Å²) in [5, 5.41) is 0. The molecule has 0 N–H and O–H groups in total. The number of rotatable bonds is 55. The monoisotopic (exact) mass is 979 g/mol. The summed E-state index contributed by atoms with van der Waals surface area (Å²) in [5.74, 6) is -0.904. The van der Waals surface area contributed by atoms with Crippen LogP contribution in [0.25, 0.3) is 0 Å². The maximum atomic E-state index is 12.9. The van der Waals surface area contributed by atoms with E-state index in [1.165, 1.54) is 180 Å². The first kappa shape index (κ1) is 67.1. The van der Waals surface area contributed by atoms with Crippen molar-refractivity contribution >= 4 is 17.9 Å². The molecule has 0 heterocycles. The van der Waals surface area contributed by atoms with Crippen molar-refractivity contribution in [1.29, 1.82) is 0 Å². The topological polar surface area (TPSA) is 78.9 Å². The van der Waals surface area contributed by atoms with Crippen LogP contribution in [0.15, 0.2) is 60.8 Å². The number of allylic oxidation sites excluding steroid dienone is 10. The molecule has 6 nitrogen and oxygen atoms in total. The number of carbonyl (C=O) groups is 3. The Labute approximate surface area is 434 Å². The van der Waals surface area contributed by atoms with Gasteiger partial charge >= 0.3 is 17.9 Å². The Morgan fingerprint density at radius 3 is 0.900 bits per heavy atom. The smallest absolute Gasteiger partial charge is 0.306 e. The highest BCUT2D eigenvalue weighted by molar-refractivity contribution is 5.71. The summed E-state index contributed by atoms with van der Waals surface area (Å²) in [6.45, 7) is 6.54. The first-order chi connectivity index (χ1) is 34.5. The van der Waals surface area contributed by atoms with E-state index in [-0.39, 0.29) is 31.1 Å². The molecule has 0 aliphatic heterocycles. The van der Waals surface area contributed by atoms with E-state index < -0.39 is 6.10 Å². The highest BCUT2D eigenvalue weighted by Crippen LogP contribution is 2.16. The van der Waals surface area contributed by atoms with Crippen LogP contribution < -0.4 is 0 Å². The first-order valence-corrected chi connectivity index (χ1v) is 30.3. The maximum Gasteiger partial charge on any atom is 0.306 e. The van der Waals surface area contributed by atoms with Crippen molar-refractivity contribution in [2.45, 2.75) is 316 Å². The highest BCUT2D eigenvalue weighted by Gasteiger charge is 2.19. The summed E-state index contributed by atoms with van der Waals surface area (Å²) in [7, 11) is 0. The van der Waals surface area contributed by atoms with Gasteiger partial charge in [0.15, 0.2) is 6.10 Å². The van der Waals surface area contributed by atoms with E-state index in [4.69, 9.17) is 14.2 Å². The van der Waals surface area contributed by atoms with Crippen molar-refractivity contribution in [3.63, 3.8) is 0 Å². The molecule has 1 unspecified atom stereocenters. The largest absolute Gasteiger partial charge is 0.462 e. The number of ether oxygens (including phenoxy) is 3. The van der Waals surface area contributed by atoms with Gasteiger partial charge < -0.3 is 14.2 Å². The van der Waals surface area contributed by atoms with Gasteiger partial charge in [0, 0.05) is 19.3 Å². The molecule has 0 aromatic heterocycles. The van der Waals surface area contributed by atoms with Gasteiger partial charge in [-0.25, -0.2) is 0 Å². The van der Waals surface area contributed by atoms with Crippen molar-refractivity contribution in [2.75, 3.05) is 13.2 Å². The van der Waals surface area contributed by atoms with E-state index in [1.807, 2.05) is 0 Å². The minimum absolute atomic E-state index is 0.0840. The van der Waals surface area contributed by atoms with Crippen molar-refractivity contribution in [1.82, 2.24) is 0 Å². The van der Waals surface area contributed by atoms with Gasteiger partial charge in [-0.2, -0.15) is 0 Å². The standard InChI is InChI=1S/C64H114O6/c1-4-7-10-13-16-19-22-25-28-31-32-34-36-39-42-45-48-51-54-57-63(66)69-60-61(59-68-62(65)56-53-50-47-44-41-38-35-30-27-24-21-18-15-12-9-6-3)70-64(67)58-55-52-49-46-43-40-37-33-29-26-23-20-17-14-11-8-5-2/h9,12,18,21,27,30-32,38,41,61H,4-8,10-11,13-17,19-20,22-26,28-29,33-37,39-40,42-60H2,1-3H3/b12-9-,21-18-,30-27-,32-31-,41-38-. The molecule has 0 aliphatic carbocycles. The van der Waals surface area contributed by atoms with Crippen LogP contribution in [0.5, 0.6) is 0 Å². The Balaban J connectivity index is 4.39. The van der Waals surface area contributed by atoms with Gasteiger partial charge in [0.2, 0.25) is 0 Å². The van der Waals surface area contributed by atoms with E-state index in [9.17, 15) is 14.4 Å². The normalized spacial score (nSPS) is 12.4. The van der Waals surface area contributed by atoms with Gasteiger partial charge in [-0.05, 0) is 83.5 Å². The molecule has 0 radical (unpaired) electrons. The zero-order chi connectivity index (χ0) is 50.7. The van der Waals surface area contributed by atoms with Crippen LogP contribution in [0.2, 0.25) is 0 Å². The molecule has 1 atom stereocenters. The Hall–Kier alpha value is -2.89. The molecule has 406 valence electrons. The number of carbonyl (C=O) groups excluding carboxylic acids is 3. The predicted octanol–water partition coefficient (Wildman–Crippen LogP) is 20.4. The molecule has 0 amide bonds. The second kappa shape index (κ2) is 58.7. The van der Waals surface area contributed by atoms with Crippen molar-refractivity contribution in [3.8, 4) is 0 Å². The highest BCUT2D eigenvalue weighted by atomic mass is 16.6. The lowest BCUT2D eigenvalue weighted by Crippen LogP contribution is -2.30. The molecule has 6 heteroatoms. The van der Waals surface area contributed by atoms with E-state index in [2.05, 4.69) is 81.5 Å². The van der Waals surface area contributed by atoms with Gasteiger partial charge in [-0.1, -0.05) is 268 Å². The molecular formula is C64H114O6. The molecule has 0 fully saturated rings. The van der Waals surface area contributed by atoms with Gasteiger partial charge in [0.25, 0.3) is 0 Å². The lowest BCUT2D eigenvalue weighted by molar-refractivity contribution is -0.167. The summed E-state index contributed by atoms with van der Waals surface area (Å²) in [6, 6.07) is 0. The zero-order valence-electron chi connectivity index (χ0n) is 46.5. The molecule has 0 aromatic carbocycles. The van der Waals surface area contributed by atoms with E-state index in [1.54, 1.807) is 0 Å². The summed E-state index contributed by atoms with van der Waals surface area (Å²) in [5.41, 5.74) is 0. The lowest BCUT2D eigenvalue weighted by Gasteiger charge is -2.18. The third kappa shape index (κ3) is 56.0. The molecule has 0 aliphatic rings. The molecular weight excluding hydrogens is 865 g/mol. The van der Waals surface area contributed by atoms with Gasteiger partial charge in [-0.15, -0.1) is 0 Å². The van der Waals surface area contributed by atoms with E-state index in [0.717, 1.165) is 89.9 Å². The molecule has 0 spiro atoms. The Morgan fingerprint density at radius 2 is 0.557 bits per heavy atom. The number of unbranched alkanes of at least 4 members (excludes halogenated alkanes) is 34. The summed E-state index contributed by atoms with van der Waals surface area (Å²) in [4.78, 5) is 38.2. The van der Waals surface area contributed by atoms with Gasteiger partial charge in [0.05, 0.1) is 0 Å². The molecule has 0 saturated carbocycles. The quantitative estimate of drug-likeness (QED) is 0.0261. The Kier molecular flexibility index (Phi) is 56.3. The third-order valence-electron chi connectivity index (χ3n) is 13.3. The second-order valence-electron chi connectivity index (χ2n) is 20.2. The summed E-state index contributed by atoms with van der Waals surface area (Å²) < 4.78 is 16.9. The molecule has 0 bridgehead atoms.